The van der Waals surface area contributed by atoms with Gasteiger partial charge in [0.25, 0.3) is 0 Å². The smallest absolute Gasteiger partial charge is 0.407 e. The number of hydrogen-bond acceptors (Lipinski definition) is 5. The number of ether oxygens (including phenoxy) is 2. The van der Waals surface area contributed by atoms with Gasteiger partial charge < -0.3 is 14.8 Å². The average Bonchev–Trinajstić information content (AvgIpc) is 2.83. The fourth-order valence-corrected chi connectivity index (χ4v) is 3.42. The fraction of sp³-hybridized carbons (Fsp3) is 0.462. The summed E-state index contributed by atoms with van der Waals surface area (Å²) in [5, 5.41) is 2.61. The Hall–Kier alpha value is -1.31. The lowest BCUT2D eigenvalue weighted by atomic mass is 10.1. The normalized spacial score (nSPS) is 22.0. The van der Waals surface area contributed by atoms with Crippen LogP contribution in [-0.4, -0.2) is 39.5 Å². The SMILES string of the molecule is O=C(NC1COCC1CS(=O)(=O)Cl)OCc1ccccc1. The van der Waals surface area contributed by atoms with Crippen LogP contribution in [0.2, 0.25) is 0 Å². The lowest BCUT2D eigenvalue weighted by Crippen LogP contribution is -2.42. The Morgan fingerprint density at radius 2 is 2.05 bits per heavy atom. The van der Waals surface area contributed by atoms with Crippen molar-refractivity contribution in [1.29, 1.82) is 0 Å². The molecule has 8 heteroatoms. The number of halogens is 1. The molecule has 0 saturated carbocycles. The molecule has 1 saturated heterocycles. The first-order chi connectivity index (χ1) is 9.94. The molecule has 1 aliphatic heterocycles. The summed E-state index contributed by atoms with van der Waals surface area (Å²) in [5.41, 5.74) is 0.871. The zero-order valence-corrected chi connectivity index (χ0v) is 12.8. The van der Waals surface area contributed by atoms with Crippen molar-refractivity contribution in [1.82, 2.24) is 5.32 Å². The van der Waals surface area contributed by atoms with E-state index in [1.165, 1.54) is 0 Å². The lowest BCUT2D eigenvalue weighted by molar-refractivity contribution is 0.132. The van der Waals surface area contributed by atoms with Gasteiger partial charge in [-0.05, 0) is 5.56 Å². The number of rotatable bonds is 5. The molecular weight excluding hydrogens is 318 g/mol. The largest absolute Gasteiger partial charge is 0.445 e. The third-order valence-corrected chi connectivity index (χ3v) is 4.33. The van der Waals surface area contributed by atoms with E-state index < -0.39 is 21.2 Å². The Labute approximate surface area is 127 Å². The second-order valence-corrected chi connectivity index (χ2v) is 7.64. The maximum atomic E-state index is 11.7. The maximum absolute atomic E-state index is 11.7. The summed E-state index contributed by atoms with van der Waals surface area (Å²) in [6.07, 6.45) is -0.605. The van der Waals surface area contributed by atoms with Crippen molar-refractivity contribution < 1.29 is 22.7 Å². The lowest BCUT2D eigenvalue weighted by Gasteiger charge is -2.17. The maximum Gasteiger partial charge on any atom is 0.407 e. The van der Waals surface area contributed by atoms with Crippen LogP contribution in [0, 0.1) is 5.92 Å². The van der Waals surface area contributed by atoms with Gasteiger partial charge in [-0.15, -0.1) is 0 Å². The first kappa shape index (κ1) is 16.1. The van der Waals surface area contributed by atoms with Crippen LogP contribution in [0.4, 0.5) is 4.79 Å². The minimum atomic E-state index is -3.63. The first-order valence-corrected chi connectivity index (χ1v) is 8.89. The molecule has 0 aromatic heterocycles. The predicted molar refractivity (Wildman–Crippen MR) is 77.5 cm³/mol. The third-order valence-electron chi connectivity index (χ3n) is 3.13. The summed E-state index contributed by atoms with van der Waals surface area (Å²) in [5.74, 6) is -0.602. The van der Waals surface area contributed by atoms with Crippen LogP contribution >= 0.6 is 10.7 Å². The zero-order chi connectivity index (χ0) is 15.3. The minimum absolute atomic E-state index is 0.152. The van der Waals surface area contributed by atoms with Crippen molar-refractivity contribution in [3.63, 3.8) is 0 Å². The molecule has 1 fully saturated rings. The molecule has 2 rings (SSSR count). The number of nitrogens with one attached hydrogen (secondary N) is 1. The van der Waals surface area contributed by atoms with E-state index in [0.29, 0.717) is 0 Å². The molecule has 1 aromatic rings. The van der Waals surface area contributed by atoms with Crippen LogP contribution in [0.5, 0.6) is 0 Å². The second-order valence-electron chi connectivity index (χ2n) is 4.82. The second kappa shape index (κ2) is 7.11. The monoisotopic (exact) mass is 333 g/mol. The molecule has 1 aromatic carbocycles. The molecule has 0 aliphatic carbocycles. The molecule has 116 valence electrons. The van der Waals surface area contributed by atoms with Gasteiger partial charge in [-0.1, -0.05) is 30.3 Å². The van der Waals surface area contributed by atoms with Crippen molar-refractivity contribution in [2.45, 2.75) is 12.6 Å². The number of hydrogen-bond donors (Lipinski definition) is 1. The van der Waals surface area contributed by atoms with Crippen LogP contribution in [0.25, 0.3) is 0 Å². The van der Waals surface area contributed by atoms with E-state index in [1.54, 1.807) is 0 Å². The van der Waals surface area contributed by atoms with Gasteiger partial charge in [-0.3, -0.25) is 0 Å². The zero-order valence-electron chi connectivity index (χ0n) is 11.2. The van der Waals surface area contributed by atoms with Gasteiger partial charge in [0.2, 0.25) is 9.05 Å². The number of carbonyl (C=O) groups is 1. The van der Waals surface area contributed by atoms with Gasteiger partial charge in [0.15, 0.2) is 0 Å². The van der Waals surface area contributed by atoms with E-state index in [0.717, 1.165) is 5.56 Å². The highest BCUT2D eigenvalue weighted by Gasteiger charge is 2.33. The van der Waals surface area contributed by atoms with Crippen molar-refractivity contribution in [3.8, 4) is 0 Å². The number of alkyl carbamates (subject to hydrolysis) is 1. The summed E-state index contributed by atoms with van der Waals surface area (Å²) in [6, 6.07) is 8.84. The highest BCUT2D eigenvalue weighted by molar-refractivity contribution is 8.13. The van der Waals surface area contributed by atoms with Crippen molar-refractivity contribution in [3.05, 3.63) is 35.9 Å². The summed E-state index contributed by atoms with van der Waals surface area (Å²) in [6.45, 7) is 0.645. The number of carbonyl (C=O) groups excluding carboxylic acids is 1. The molecule has 2 atom stereocenters. The van der Waals surface area contributed by atoms with E-state index in [4.69, 9.17) is 20.2 Å². The van der Waals surface area contributed by atoms with Gasteiger partial charge in [-0.2, -0.15) is 0 Å². The topological polar surface area (TPSA) is 81.7 Å². The van der Waals surface area contributed by atoms with E-state index in [-0.39, 0.29) is 31.5 Å². The Morgan fingerprint density at radius 3 is 2.71 bits per heavy atom. The van der Waals surface area contributed by atoms with Gasteiger partial charge >= 0.3 is 6.09 Å². The van der Waals surface area contributed by atoms with Crippen LogP contribution in [0.3, 0.4) is 0 Å². The van der Waals surface area contributed by atoms with Crippen LogP contribution < -0.4 is 5.32 Å². The summed E-state index contributed by atoms with van der Waals surface area (Å²) >= 11 is 0. The molecule has 6 nitrogen and oxygen atoms in total. The van der Waals surface area contributed by atoms with E-state index in [9.17, 15) is 13.2 Å². The Morgan fingerprint density at radius 1 is 1.33 bits per heavy atom. The van der Waals surface area contributed by atoms with Gasteiger partial charge in [0.1, 0.15) is 6.61 Å². The fourth-order valence-electron chi connectivity index (χ4n) is 2.09. The van der Waals surface area contributed by atoms with E-state index >= 15 is 0 Å². The summed E-state index contributed by atoms with van der Waals surface area (Å²) in [4.78, 5) is 11.7. The summed E-state index contributed by atoms with van der Waals surface area (Å²) in [7, 11) is 1.60. The Kier molecular flexibility index (Phi) is 5.44. The quantitative estimate of drug-likeness (QED) is 0.826. The number of benzene rings is 1. The van der Waals surface area contributed by atoms with Crippen LogP contribution in [0.1, 0.15) is 5.56 Å². The number of amides is 1. The first-order valence-electron chi connectivity index (χ1n) is 6.41. The third kappa shape index (κ3) is 5.53. The molecule has 21 heavy (non-hydrogen) atoms. The minimum Gasteiger partial charge on any atom is -0.445 e. The highest BCUT2D eigenvalue weighted by atomic mass is 35.7. The van der Waals surface area contributed by atoms with Gasteiger partial charge in [0.05, 0.1) is 25.0 Å². The van der Waals surface area contributed by atoms with Gasteiger partial charge in [-0.25, -0.2) is 13.2 Å². The van der Waals surface area contributed by atoms with Gasteiger partial charge in [0, 0.05) is 16.6 Å². The van der Waals surface area contributed by atoms with Crippen molar-refractivity contribution in [2.75, 3.05) is 19.0 Å². The van der Waals surface area contributed by atoms with E-state index in [1.807, 2.05) is 30.3 Å². The Bertz CT molecular complexity index is 577. The molecule has 1 N–H and O–H groups in total. The van der Waals surface area contributed by atoms with Crippen molar-refractivity contribution in [2.24, 2.45) is 5.92 Å². The van der Waals surface area contributed by atoms with Crippen LogP contribution in [-0.2, 0) is 25.1 Å². The highest BCUT2D eigenvalue weighted by Crippen LogP contribution is 2.18. The molecular formula is C13H16ClNO5S. The summed E-state index contributed by atoms with van der Waals surface area (Å²) < 4.78 is 32.5. The standard InChI is InChI=1S/C13H16ClNO5S/c14-21(17,18)9-11-7-19-8-12(11)15-13(16)20-6-10-4-2-1-3-5-10/h1-5,11-12H,6-9H2,(H,15,16). The van der Waals surface area contributed by atoms with E-state index in [2.05, 4.69) is 5.32 Å². The Balaban J connectivity index is 1.81. The predicted octanol–water partition coefficient (Wildman–Crippen LogP) is 1.50. The molecule has 0 spiro atoms. The molecule has 2 unspecified atom stereocenters. The molecule has 1 amide bonds. The average molecular weight is 334 g/mol. The molecule has 1 heterocycles. The van der Waals surface area contributed by atoms with Crippen molar-refractivity contribution >= 4 is 25.8 Å². The van der Waals surface area contributed by atoms with Crippen LogP contribution in [0.15, 0.2) is 30.3 Å². The molecule has 0 radical (unpaired) electrons. The molecule has 1 aliphatic rings. The molecule has 0 bridgehead atoms.